The summed E-state index contributed by atoms with van der Waals surface area (Å²) in [7, 11) is 1.69. The predicted octanol–water partition coefficient (Wildman–Crippen LogP) is 3.42. The monoisotopic (exact) mass is 414 g/mol. The smallest absolute Gasteiger partial charge is 0.254 e. The molecule has 7 nitrogen and oxygen atoms in total. The summed E-state index contributed by atoms with van der Waals surface area (Å²) in [6, 6.07) is 7.98. The van der Waals surface area contributed by atoms with Crippen molar-refractivity contribution >= 4 is 34.3 Å². The predicted molar refractivity (Wildman–Crippen MR) is 117 cm³/mol. The van der Waals surface area contributed by atoms with Crippen LogP contribution in [-0.2, 0) is 16.1 Å². The molecular weight excluding hydrogens is 388 g/mol. The normalized spacial score (nSPS) is 12.3. The van der Waals surface area contributed by atoms with Crippen LogP contribution in [0.3, 0.4) is 0 Å². The standard InChI is InChI=1S/C21H26N4O3S/c1-12-10-16-11-17(6-7-18(16)25(12)8-9-28-5)23-20(27)15(4)29-21-22-14(3)13(2)19(26)24-21/h6-7,10-11,15H,8-9H2,1-5H3,(H,23,27)(H,22,24,26)/t15-/m1/s1. The van der Waals surface area contributed by atoms with Crippen molar-refractivity contribution in [3.8, 4) is 0 Å². The molecule has 1 amide bonds. The highest BCUT2D eigenvalue weighted by atomic mass is 32.2. The van der Waals surface area contributed by atoms with Gasteiger partial charge >= 0.3 is 0 Å². The first-order chi connectivity index (χ1) is 13.8. The zero-order valence-electron chi connectivity index (χ0n) is 17.3. The van der Waals surface area contributed by atoms with Crippen molar-refractivity contribution in [2.75, 3.05) is 19.0 Å². The molecule has 0 aliphatic heterocycles. The summed E-state index contributed by atoms with van der Waals surface area (Å²) in [5.74, 6) is -0.147. The molecule has 8 heteroatoms. The Morgan fingerprint density at radius 2 is 2.07 bits per heavy atom. The molecule has 0 unspecified atom stereocenters. The number of aryl methyl sites for hydroxylation is 2. The van der Waals surface area contributed by atoms with Crippen LogP contribution >= 0.6 is 11.8 Å². The Hall–Kier alpha value is -2.58. The number of fused-ring (bicyclic) bond motifs is 1. The summed E-state index contributed by atoms with van der Waals surface area (Å²) in [6.45, 7) is 8.80. The summed E-state index contributed by atoms with van der Waals surface area (Å²) >= 11 is 1.23. The number of nitrogens with one attached hydrogen (secondary N) is 2. The van der Waals surface area contributed by atoms with Crippen LogP contribution in [0.15, 0.2) is 34.2 Å². The lowest BCUT2D eigenvalue weighted by Gasteiger charge is -2.12. The molecule has 0 saturated heterocycles. The average Bonchev–Trinajstić information content (AvgIpc) is 2.98. The molecule has 0 aliphatic carbocycles. The quantitative estimate of drug-likeness (QED) is 0.457. The van der Waals surface area contributed by atoms with Gasteiger partial charge in [-0.1, -0.05) is 11.8 Å². The zero-order chi connectivity index (χ0) is 21.1. The van der Waals surface area contributed by atoms with Crippen molar-refractivity contribution in [1.29, 1.82) is 0 Å². The number of aromatic nitrogens is 3. The van der Waals surface area contributed by atoms with Crippen molar-refractivity contribution in [1.82, 2.24) is 14.5 Å². The number of H-pyrrole nitrogens is 1. The van der Waals surface area contributed by atoms with Crippen LogP contribution in [0, 0.1) is 20.8 Å². The lowest BCUT2D eigenvalue weighted by molar-refractivity contribution is -0.115. The molecule has 0 spiro atoms. The molecule has 2 N–H and O–H groups in total. The highest BCUT2D eigenvalue weighted by molar-refractivity contribution is 8.00. The maximum absolute atomic E-state index is 12.6. The molecule has 154 valence electrons. The van der Waals surface area contributed by atoms with Crippen LogP contribution in [0.1, 0.15) is 23.9 Å². The van der Waals surface area contributed by atoms with Gasteiger partial charge in [-0.25, -0.2) is 4.98 Å². The molecular formula is C21H26N4O3S. The topological polar surface area (TPSA) is 89.0 Å². The Balaban J connectivity index is 1.72. The molecule has 2 heterocycles. The van der Waals surface area contributed by atoms with Crippen LogP contribution in [0.25, 0.3) is 10.9 Å². The van der Waals surface area contributed by atoms with Gasteiger partial charge in [-0.3, -0.25) is 9.59 Å². The van der Waals surface area contributed by atoms with Crippen LogP contribution in [0.2, 0.25) is 0 Å². The number of carbonyl (C=O) groups excluding carboxylic acids is 1. The number of rotatable bonds is 7. The first-order valence-corrected chi connectivity index (χ1v) is 10.3. The lowest BCUT2D eigenvalue weighted by atomic mass is 10.2. The highest BCUT2D eigenvalue weighted by Gasteiger charge is 2.17. The number of hydrogen-bond donors (Lipinski definition) is 2. The highest BCUT2D eigenvalue weighted by Crippen LogP contribution is 2.25. The Labute approximate surface area is 173 Å². The van der Waals surface area contributed by atoms with Crippen molar-refractivity contribution < 1.29 is 9.53 Å². The molecule has 0 fully saturated rings. The Morgan fingerprint density at radius 1 is 1.31 bits per heavy atom. The number of nitrogens with zero attached hydrogens (tertiary/aromatic N) is 2. The van der Waals surface area contributed by atoms with Gasteiger partial charge in [0.2, 0.25) is 5.91 Å². The van der Waals surface area contributed by atoms with Gasteiger partial charge in [0.1, 0.15) is 0 Å². The van der Waals surface area contributed by atoms with E-state index >= 15 is 0 Å². The fourth-order valence-electron chi connectivity index (χ4n) is 3.11. The molecule has 3 rings (SSSR count). The second-order valence-corrected chi connectivity index (χ2v) is 8.36. The largest absolute Gasteiger partial charge is 0.383 e. The van der Waals surface area contributed by atoms with Crippen molar-refractivity contribution in [2.45, 2.75) is 44.6 Å². The van der Waals surface area contributed by atoms with E-state index in [1.807, 2.05) is 18.2 Å². The van der Waals surface area contributed by atoms with E-state index in [4.69, 9.17) is 4.74 Å². The first kappa shape index (κ1) is 21.1. The van der Waals surface area contributed by atoms with Gasteiger partial charge in [-0.15, -0.1) is 0 Å². The number of benzene rings is 1. The molecule has 0 radical (unpaired) electrons. The summed E-state index contributed by atoms with van der Waals surface area (Å²) in [5, 5.41) is 4.05. The van der Waals surface area contributed by atoms with Gasteiger partial charge in [-0.05, 0) is 52.0 Å². The fourth-order valence-corrected chi connectivity index (χ4v) is 3.95. The first-order valence-electron chi connectivity index (χ1n) is 9.44. The zero-order valence-corrected chi connectivity index (χ0v) is 18.1. The number of hydrogen-bond acceptors (Lipinski definition) is 5. The fraction of sp³-hybridized carbons (Fsp3) is 0.381. The SMILES string of the molecule is COCCn1c(C)cc2cc(NC(=O)[C@@H](C)Sc3nc(C)c(C)c(=O)[nH]3)ccc21. The number of carbonyl (C=O) groups is 1. The summed E-state index contributed by atoms with van der Waals surface area (Å²) in [6.07, 6.45) is 0. The summed E-state index contributed by atoms with van der Waals surface area (Å²) in [4.78, 5) is 31.6. The Morgan fingerprint density at radius 3 is 2.76 bits per heavy atom. The minimum atomic E-state index is -0.413. The molecule has 0 bridgehead atoms. The van der Waals surface area contributed by atoms with E-state index < -0.39 is 5.25 Å². The third kappa shape index (κ3) is 4.71. The number of thioether (sulfide) groups is 1. The van der Waals surface area contributed by atoms with E-state index in [1.54, 1.807) is 27.9 Å². The third-order valence-electron chi connectivity index (χ3n) is 4.93. The van der Waals surface area contributed by atoms with Crippen molar-refractivity contribution in [3.63, 3.8) is 0 Å². The number of methoxy groups -OCH3 is 1. The molecule has 0 aliphatic rings. The maximum atomic E-state index is 12.6. The van der Waals surface area contributed by atoms with Gasteiger partial charge in [0, 0.05) is 47.2 Å². The van der Waals surface area contributed by atoms with Gasteiger partial charge in [-0.2, -0.15) is 0 Å². The van der Waals surface area contributed by atoms with Crippen LogP contribution in [0.4, 0.5) is 5.69 Å². The van der Waals surface area contributed by atoms with Gasteiger partial charge < -0.3 is 19.6 Å². The van der Waals surface area contributed by atoms with Gasteiger partial charge in [0.05, 0.1) is 11.9 Å². The number of anilines is 1. The van der Waals surface area contributed by atoms with E-state index in [9.17, 15) is 9.59 Å². The Kier molecular flexibility index (Phi) is 6.44. The minimum Gasteiger partial charge on any atom is -0.383 e. The molecule has 2 aromatic heterocycles. The minimum absolute atomic E-state index is 0.147. The summed E-state index contributed by atoms with van der Waals surface area (Å²) < 4.78 is 7.38. The van der Waals surface area contributed by atoms with E-state index in [1.165, 1.54) is 11.8 Å². The van der Waals surface area contributed by atoms with Crippen molar-refractivity contribution in [3.05, 3.63) is 51.6 Å². The van der Waals surface area contributed by atoms with Crippen LogP contribution in [0.5, 0.6) is 0 Å². The third-order valence-corrected chi connectivity index (χ3v) is 5.91. The molecule has 29 heavy (non-hydrogen) atoms. The molecule has 0 saturated carbocycles. The molecule has 3 aromatic rings. The second-order valence-electron chi connectivity index (χ2n) is 7.03. The maximum Gasteiger partial charge on any atom is 0.254 e. The molecule has 1 aromatic carbocycles. The number of ether oxygens (including phenoxy) is 1. The van der Waals surface area contributed by atoms with E-state index in [0.717, 1.165) is 28.8 Å². The lowest BCUT2D eigenvalue weighted by Crippen LogP contribution is -2.23. The van der Waals surface area contributed by atoms with Crippen molar-refractivity contribution in [2.24, 2.45) is 0 Å². The second kappa shape index (κ2) is 8.84. The van der Waals surface area contributed by atoms with Crippen LogP contribution in [-0.4, -0.2) is 39.4 Å². The van der Waals surface area contributed by atoms with E-state index in [-0.39, 0.29) is 11.5 Å². The number of amides is 1. The summed E-state index contributed by atoms with van der Waals surface area (Å²) in [5.41, 5.74) is 4.08. The van der Waals surface area contributed by atoms with Gasteiger partial charge in [0.15, 0.2) is 5.16 Å². The van der Waals surface area contributed by atoms with Crippen LogP contribution < -0.4 is 10.9 Å². The van der Waals surface area contributed by atoms with Gasteiger partial charge in [0.25, 0.3) is 5.56 Å². The number of aromatic amines is 1. The van der Waals surface area contributed by atoms with E-state index in [2.05, 4.69) is 32.8 Å². The average molecular weight is 415 g/mol. The van der Waals surface area contributed by atoms with E-state index in [0.29, 0.717) is 23.0 Å². The molecule has 1 atom stereocenters. The Bertz CT molecular complexity index is 1100.